The highest BCUT2D eigenvalue weighted by molar-refractivity contribution is 5.83. The Morgan fingerprint density at radius 1 is 1.05 bits per heavy atom. The molecule has 0 bridgehead atoms. The van der Waals surface area contributed by atoms with Gasteiger partial charge in [0.1, 0.15) is 0 Å². The van der Waals surface area contributed by atoms with E-state index in [9.17, 15) is 14.4 Å². The molecule has 0 rings (SSSR count). The number of esters is 2. The van der Waals surface area contributed by atoms with E-state index < -0.39 is 18.0 Å². The highest BCUT2D eigenvalue weighted by Crippen LogP contribution is 2.01. The number of rotatable bonds is 10. The van der Waals surface area contributed by atoms with E-state index in [1.165, 1.54) is 19.1 Å². The van der Waals surface area contributed by atoms with Gasteiger partial charge in [0.25, 0.3) is 0 Å². The number of methoxy groups -OCH3 is 3. The van der Waals surface area contributed by atoms with E-state index in [1.807, 2.05) is 0 Å². The third-order valence-corrected chi connectivity index (χ3v) is 2.87. The van der Waals surface area contributed by atoms with Crippen LogP contribution in [0.4, 0.5) is 0 Å². The third kappa shape index (κ3) is 8.26. The maximum atomic E-state index is 12.0. The lowest BCUT2D eigenvalue weighted by molar-refractivity contribution is -0.147. The zero-order chi connectivity index (χ0) is 16.3. The first-order valence-corrected chi connectivity index (χ1v) is 6.60. The molecular weight excluding hydrogens is 280 g/mol. The molecule has 8 nitrogen and oxygen atoms in total. The van der Waals surface area contributed by atoms with E-state index in [-0.39, 0.29) is 19.0 Å². The van der Waals surface area contributed by atoms with Crippen LogP contribution in [0, 0.1) is 0 Å². The van der Waals surface area contributed by atoms with Gasteiger partial charge in [-0.25, -0.2) is 0 Å². The number of carbonyl (C=O) groups excluding carboxylic acids is 3. The van der Waals surface area contributed by atoms with Crippen molar-refractivity contribution in [1.82, 2.24) is 10.2 Å². The number of hydrogen-bond donors (Lipinski definition) is 1. The minimum absolute atomic E-state index is 0.168. The van der Waals surface area contributed by atoms with Crippen LogP contribution in [0.15, 0.2) is 0 Å². The predicted octanol–water partition coefficient (Wildman–Crippen LogP) is -0.824. The van der Waals surface area contributed by atoms with Crippen molar-refractivity contribution in [3.05, 3.63) is 0 Å². The Hall–Kier alpha value is -1.67. The maximum Gasteiger partial charge on any atom is 0.319 e. The van der Waals surface area contributed by atoms with Gasteiger partial charge in [-0.05, 0) is 13.3 Å². The molecular formula is C13H24N2O6. The van der Waals surface area contributed by atoms with Gasteiger partial charge in [-0.1, -0.05) is 0 Å². The van der Waals surface area contributed by atoms with E-state index in [4.69, 9.17) is 4.74 Å². The molecule has 0 aliphatic carbocycles. The lowest BCUT2D eigenvalue weighted by Crippen LogP contribution is -2.49. The Balaban J connectivity index is 4.52. The van der Waals surface area contributed by atoms with Gasteiger partial charge >= 0.3 is 11.9 Å². The van der Waals surface area contributed by atoms with Crippen molar-refractivity contribution in [2.45, 2.75) is 19.4 Å². The zero-order valence-electron chi connectivity index (χ0n) is 13.0. The zero-order valence-corrected chi connectivity index (χ0v) is 13.0. The smallest absolute Gasteiger partial charge is 0.319 e. The molecule has 122 valence electrons. The number of nitrogens with zero attached hydrogens (tertiary/aromatic N) is 1. The molecule has 1 atom stereocenters. The van der Waals surface area contributed by atoms with E-state index >= 15 is 0 Å². The molecule has 1 amide bonds. The van der Waals surface area contributed by atoms with Gasteiger partial charge in [-0.15, -0.1) is 0 Å². The lowest BCUT2D eigenvalue weighted by atomic mass is 10.2. The van der Waals surface area contributed by atoms with Crippen LogP contribution >= 0.6 is 0 Å². The highest BCUT2D eigenvalue weighted by atomic mass is 16.5. The minimum atomic E-state index is -0.661. The molecule has 0 aromatic carbocycles. The van der Waals surface area contributed by atoms with Crippen molar-refractivity contribution in [3.63, 3.8) is 0 Å². The first-order chi connectivity index (χ1) is 9.96. The third-order valence-electron chi connectivity index (χ3n) is 2.87. The Labute approximate surface area is 124 Å². The fourth-order valence-corrected chi connectivity index (χ4v) is 1.53. The van der Waals surface area contributed by atoms with Gasteiger partial charge in [0.15, 0.2) is 0 Å². The molecule has 0 saturated heterocycles. The number of carbonyl (C=O) groups is 3. The van der Waals surface area contributed by atoms with Crippen LogP contribution in [-0.2, 0) is 28.6 Å². The molecule has 8 heteroatoms. The van der Waals surface area contributed by atoms with E-state index in [1.54, 1.807) is 14.0 Å². The minimum Gasteiger partial charge on any atom is -0.468 e. The molecule has 0 spiro atoms. The average Bonchev–Trinajstić information content (AvgIpc) is 2.49. The first-order valence-electron chi connectivity index (χ1n) is 6.60. The summed E-state index contributed by atoms with van der Waals surface area (Å²) in [4.78, 5) is 36.1. The van der Waals surface area contributed by atoms with E-state index in [0.29, 0.717) is 19.6 Å². The van der Waals surface area contributed by atoms with Crippen LogP contribution in [0.5, 0.6) is 0 Å². The maximum absolute atomic E-state index is 12.0. The Morgan fingerprint density at radius 3 is 2.00 bits per heavy atom. The molecule has 1 N–H and O–H groups in total. The van der Waals surface area contributed by atoms with Gasteiger partial charge in [-0.3, -0.25) is 19.3 Å². The first kappa shape index (κ1) is 19.3. The van der Waals surface area contributed by atoms with Gasteiger partial charge in [0.05, 0.1) is 33.4 Å². The molecule has 1 unspecified atom stereocenters. The summed E-state index contributed by atoms with van der Waals surface area (Å²) in [6.07, 6.45) is 0.683. The summed E-state index contributed by atoms with van der Waals surface area (Å²) >= 11 is 0. The SMILES string of the molecule is COCCCNC(=O)C(C)N(CC(=O)OC)CC(=O)OC. The molecule has 21 heavy (non-hydrogen) atoms. The highest BCUT2D eigenvalue weighted by Gasteiger charge is 2.25. The normalized spacial score (nSPS) is 11.9. The Kier molecular flexibility index (Phi) is 10.2. The molecule has 0 aliphatic heterocycles. The fourth-order valence-electron chi connectivity index (χ4n) is 1.53. The van der Waals surface area contributed by atoms with Crippen molar-refractivity contribution in [2.75, 3.05) is 47.6 Å². The summed E-state index contributed by atoms with van der Waals surface area (Å²) < 4.78 is 14.0. The Morgan fingerprint density at radius 2 is 1.57 bits per heavy atom. The number of hydrogen-bond acceptors (Lipinski definition) is 7. The number of nitrogens with one attached hydrogen (secondary N) is 1. The summed E-state index contributed by atoms with van der Waals surface area (Å²) in [6.45, 7) is 2.28. The van der Waals surface area contributed by atoms with Crippen LogP contribution in [0.2, 0.25) is 0 Å². The summed E-state index contributed by atoms with van der Waals surface area (Å²) in [7, 11) is 4.07. The van der Waals surface area contributed by atoms with Crippen molar-refractivity contribution >= 4 is 17.8 Å². The molecule has 0 fully saturated rings. The summed E-state index contributed by atoms with van der Waals surface area (Å²) in [5, 5.41) is 2.72. The number of ether oxygens (including phenoxy) is 3. The van der Waals surface area contributed by atoms with Crippen molar-refractivity contribution in [3.8, 4) is 0 Å². The topological polar surface area (TPSA) is 94.2 Å². The molecule has 0 aliphatic rings. The lowest BCUT2D eigenvalue weighted by Gasteiger charge is -2.25. The van der Waals surface area contributed by atoms with Gasteiger partial charge in [0.2, 0.25) is 5.91 Å². The fraction of sp³-hybridized carbons (Fsp3) is 0.769. The van der Waals surface area contributed by atoms with Gasteiger partial charge < -0.3 is 19.5 Å². The molecule has 0 radical (unpaired) electrons. The summed E-state index contributed by atoms with van der Waals surface area (Å²) in [5.74, 6) is -1.34. The second-order valence-electron chi connectivity index (χ2n) is 4.37. The molecule has 0 heterocycles. The van der Waals surface area contributed by atoms with Crippen LogP contribution in [0.1, 0.15) is 13.3 Å². The van der Waals surface area contributed by atoms with Gasteiger partial charge in [0, 0.05) is 20.3 Å². The number of amides is 1. The van der Waals surface area contributed by atoms with Crippen LogP contribution in [0.3, 0.4) is 0 Å². The predicted molar refractivity (Wildman–Crippen MR) is 74.6 cm³/mol. The summed E-state index contributed by atoms with van der Waals surface area (Å²) in [6, 6.07) is -0.661. The quantitative estimate of drug-likeness (QED) is 0.416. The molecule has 0 aromatic heterocycles. The average molecular weight is 304 g/mol. The van der Waals surface area contributed by atoms with E-state index in [0.717, 1.165) is 0 Å². The molecule has 0 saturated carbocycles. The van der Waals surface area contributed by atoms with Crippen LogP contribution in [-0.4, -0.2) is 76.4 Å². The van der Waals surface area contributed by atoms with Crippen molar-refractivity contribution < 1.29 is 28.6 Å². The van der Waals surface area contributed by atoms with Gasteiger partial charge in [-0.2, -0.15) is 0 Å². The second kappa shape index (κ2) is 11.0. The molecule has 0 aromatic rings. The summed E-state index contributed by atoms with van der Waals surface area (Å²) in [5.41, 5.74) is 0. The monoisotopic (exact) mass is 304 g/mol. The standard InChI is InChI=1S/C13H24N2O6/c1-10(13(18)14-6-5-7-19-2)15(8-11(16)20-3)9-12(17)21-4/h10H,5-9H2,1-4H3,(H,14,18). The van der Waals surface area contributed by atoms with Crippen LogP contribution < -0.4 is 5.32 Å². The van der Waals surface area contributed by atoms with Crippen molar-refractivity contribution in [2.24, 2.45) is 0 Å². The Bertz CT molecular complexity index is 330. The van der Waals surface area contributed by atoms with E-state index in [2.05, 4.69) is 14.8 Å². The largest absolute Gasteiger partial charge is 0.468 e. The second-order valence-corrected chi connectivity index (χ2v) is 4.37. The van der Waals surface area contributed by atoms with Crippen molar-refractivity contribution in [1.29, 1.82) is 0 Å². The van der Waals surface area contributed by atoms with Crippen LogP contribution in [0.25, 0.3) is 0 Å².